The van der Waals surface area contributed by atoms with Crippen LogP contribution in [-0.2, 0) is 4.79 Å². The van der Waals surface area contributed by atoms with Gasteiger partial charge in [-0.2, -0.15) is 5.10 Å². The zero-order valence-electron chi connectivity index (χ0n) is 12.8. The maximum Gasteiger partial charge on any atom is 0.277 e. The molecule has 23 heavy (non-hydrogen) atoms. The lowest BCUT2D eigenvalue weighted by Crippen LogP contribution is -2.24. The molecule has 0 heterocycles. The van der Waals surface area contributed by atoms with Crippen LogP contribution < -0.4 is 10.2 Å². The van der Waals surface area contributed by atoms with Gasteiger partial charge in [-0.05, 0) is 54.8 Å². The maximum absolute atomic E-state index is 12.7. The second kappa shape index (κ2) is 7.74. The number of rotatable bonds is 5. The highest BCUT2D eigenvalue weighted by atomic mass is 35.5. The van der Waals surface area contributed by atoms with Gasteiger partial charge in [-0.1, -0.05) is 23.7 Å². The minimum Gasteiger partial charge on any atom is -0.484 e. The lowest BCUT2D eigenvalue weighted by Gasteiger charge is -2.09. The minimum absolute atomic E-state index is 0.165. The van der Waals surface area contributed by atoms with Crippen LogP contribution in [-0.4, -0.2) is 18.7 Å². The van der Waals surface area contributed by atoms with Gasteiger partial charge in [0.1, 0.15) is 11.6 Å². The normalized spacial score (nSPS) is 10.8. The quantitative estimate of drug-likeness (QED) is 0.670. The molecule has 0 saturated carbocycles. The van der Waals surface area contributed by atoms with Gasteiger partial charge >= 0.3 is 0 Å². The number of nitrogens with zero attached hydrogens (tertiary/aromatic N) is 1. The molecule has 0 radical (unpaired) electrons. The predicted molar refractivity (Wildman–Crippen MR) is 88.6 cm³/mol. The van der Waals surface area contributed by atoms with Crippen LogP contribution in [0.25, 0.3) is 0 Å². The topological polar surface area (TPSA) is 50.7 Å². The summed E-state index contributed by atoms with van der Waals surface area (Å²) in [4.78, 5) is 11.7. The Kier molecular flexibility index (Phi) is 5.71. The Morgan fingerprint density at radius 2 is 1.87 bits per heavy atom. The Morgan fingerprint density at radius 1 is 1.26 bits per heavy atom. The molecule has 120 valence electrons. The molecule has 2 aromatic carbocycles. The average molecular weight is 335 g/mol. The van der Waals surface area contributed by atoms with E-state index in [1.165, 1.54) is 18.3 Å². The van der Waals surface area contributed by atoms with Crippen molar-refractivity contribution in [2.45, 2.75) is 13.8 Å². The number of hydrogen-bond donors (Lipinski definition) is 1. The van der Waals surface area contributed by atoms with E-state index in [4.69, 9.17) is 16.3 Å². The van der Waals surface area contributed by atoms with Crippen molar-refractivity contribution < 1.29 is 13.9 Å². The molecule has 0 aliphatic rings. The van der Waals surface area contributed by atoms with Crippen LogP contribution in [0.1, 0.15) is 16.7 Å². The van der Waals surface area contributed by atoms with Crippen LogP contribution in [0.2, 0.25) is 5.02 Å². The van der Waals surface area contributed by atoms with E-state index < -0.39 is 5.91 Å². The van der Waals surface area contributed by atoms with Crippen LogP contribution >= 0.6 is 11.6 Å². The smallest absolute Gasteiger partial charge is 0.277 e. The standard InChI is InChI=1S/C17H16ClFN2O2/c1-11-7-15(8-12(2)17(11)18)23-10-16(22)21-20-9-13-3-5-14(19)6-4-13/h3-9H,10H2,1-2H3,(H,21,22). The number of amides is 1. The second-order valence-corrected chi connectivity index (χ2v) is 5.38. The third-order valence-electron chi connectivity index (χ3n) is 3.05. The van der Waals surface area contributed by atoms with Gasteiger partial charge in [-0.15, -0.1) is 0 Å². The van der Waals surface area contributed by atoms with Crippen molar-refractivity contribution in [2.24, 2.45) is 5.10 Å². The number of benzene rings is 2. The molecule has 1 N–H and O–H groups in total. The molecule has 0 unspecified atom stereocenters. The van der Waals surface area contributed by atoms with Gasteiger partial charge in [-0.3, -0.25) is 4.79 Å². The Bertz CT molecular complexity index is 707. The van der Waals surface area contributed by atoms with Gasteiger partial charge in [0.2, 0.25) is 0 Å². The highest BCUT2D eigenvalue weighted by molar-refractivity contribution is 6.32. The first-order valence-electron chi connectivity index (χ1n) is 6.92. The summed E-state index contributed by atoms with van der Waals surface area (Å²) in [5.74, 6) is -0.149. The number of aryl methyl sites for hydroxylation is 2. The monoisotopic (exact) mass is 334 g/mol. The highest BCUT2D eigenvalue weighted by Gasteiger charge is 2.06. The van der Waals surface area contributed by atoms with Crippen molar-refractivity contribution in [3.05, 3.63) is 63.9 Å². The number of carbonyl (C=O) groups is 1. The van der Waals surface area contributed by atoms with E-state index >= 15 is 0 Å². The van der Waals surface area contributed by atoms with E-state index in [-0.39, 0.29) is 12.4 Å². The molecule has 1 amide bonds. The zero-order valence-corrected chi connectivity index (χ0v) is 13.5. The van der Waals surface area contributed by atoms with Gasteiger partial charge in [0.15, 0.2) is 6.61 Å². The summed E-state index contributed by atoms with van der Waals surface area (Å²) in [5, 5.41) is 4.47. The van der Waals surface area contributed by atoms with Gasteiger partial charge in [0, 0.05) is 5.02 Å². The van der Waals surface area contributed by atoms with Gasteiger partial charge in [0.05, 0.1) is 6.21 Å². The number of nitrogens with one attached hydrogen (secondary N) is 1. The van der Waals surface area contributed by atoms with E-state index in [9.17, 15) is 9.18 Å². The lowest BCUT2D eigenvalue weighted by atomic mass is 10.1. The van der Waals surface area contributed by atoms with Crippen molar-refractivity contribution in [3.8, 4) is 5.75 Å². The molecular formula is C17H16ClFN2O2. The van der Waals surface area contributed by atoms with Crippen LogP contribution in [0.5, 0.6) is 5.75 Å². The first kappa shape index (κ1) is 17.0. The first-order chi connectivity index (χ1) is 11.0. The molecule has 0 saturated heterocycles. The fourth-order valence-electron chi connectivity index (χ4n) is 1.90. The SMILES string of the molecule is Cc1cc(OCC(=O)NN=Cc2ccc(F)cc2)cc(C)c1Cl. The predicted octanol–water partition coefficient (Wildman–Crippen LogP) is 3.63. The molecular weight excluding hydrogens is 319 g/mol. The summed E-state index contributed by atoms with van der Waals surface area (Å²) in [6.07, 6.45) is 1.42. The van der Waals surface area contributed by atoms with Crippen LogP contribution in [0.4, 0.5) is 4.39 Å². The molecule has 4 nitrogen and oxygen atoms in total. The van der Waals surface area contributed by atoms with Crippen molar-refractivity contribution in [2.75, 3.05) is 6.61 Å². The Balaban J connectivity index is 1.84. The van der Waals surface area contributed by atoms with Crippen molar-refractivity contribution in [1.82, 2.24) is 5.43 Å². The summed E-state index contributed by atoms with van der Waals surface area (Å²) >= 11 is 6.07. The molecule has 2 rings (SSSR count). The Hall–Kier alpha value is -2.40. The number of carbonyl (C=O) groups excluding carboxylic acids is 1. The van der Waals surface area contributed by atoms with Gasteiger partial charge in [-0.25, -0.2) is 9.82 Å². The van der Waals surface area contributed by atoms with Crippen molar-refractivity contribution in [1.29, 1.82) is 0 Å². The minimum atomic E-state index is -0.395. The van der Waals surface area contributed by atoms with Gasteiger partial charge in [0.25, 0.3) is 5.91 Å². The van der Waals surface area contributed by atoms with E-state index in [0.29, 0.717) is 16.3 Å². The molecule has 0 fully saturated rings. The van der Waals surface area contributed by atoms with E-state index in [1.54, 1.807) is 24.3 Å². The summed E-state index contributed by atoms with van der Waals surface area (Å²) < 4.78 is 18.2. The third kappa shape index (κ3) is 5.07. The molecule has 2 aromatic rings. The molecule has 6 heteroatoms. The first-order valence-corrected chi connectivity index (χ1v) is 7.30. The van der Waals surface area contributed by atoms with E-state index in [0.717, 1.165) is 11.1 Å². The molecule has 0 aliphatic carbocycles. The number of ether oxygens (including phenoxy) is 1. The summed E-state index contributed by atoms with van der Waals surface area (Å²) in [5.41, 5.74) is 4.79. The van der Waals surface area contributed by atoms with Gasteiger partial charge < -0.3 is 4.74 Å². The van der Waals surface area contributed by atoms with Crippen LogP contribution in [0, 0.1) is 19.7 Å². The number of hydrogen-bond acceptors (Lipinski definition) is 3. The average Bonchev–Trinajstić information content (AvgIpc) is 2.52. The molecule has 0 bridgehead atoms. The highest BCUT2D eigenvalue weighted by Crippen LogP contribution is 2.25. The molecule has 0 aromatic heterocycles. The number of hydrazone groups is 1. The zero-order chi connectivity index (χ0) is 16.8. The van der Waals surface area contributed by atoms with E-state index in [1.807, 2.05) is 13.8 Å². The van der Waals surface area contributed by atoms with Crippen molar-refractivity contribution in [3.63, 3.8) is 0 Å². The number of halogens is 2. The fourth-order valence-corrected chi connectivity index (χ4v) is 2.01. The second-order valence-electron chi connectivity index (χ2n) is 5.00. The lowest BCUT2D eigenvalue weighted by molar-refractivity contribution is -0.123. The molecule has 0 atom stereocenters. The Morgan fingerprint density at radius 3 is 2.48 bits per heavy atom. The van der Waals surface area contributed by atoms with Crippen LogP contribution in [0.3, 0.4) is 0 Å². The fraction of sp³-hybridized carbons (Fsp3) is 0.176. The largest absolute Gasteiger partial charge is 0.484 e. The van der Waals surface area contributed by atoms with Crippen LogP contribution in [0.15, 0.2) is 41.5 Å². The maximum atomic E-state index is 12.7. The summed E-state index contributed by atoms with van der Waals surface area (Å²) in [6, 6.07) is 9.28. The van der Waals surface area contributed by atoms with E-state index in [2.05, 4.69) is 10.5 Å². The Labute approximate surface area is 138 Å². The summed E-state index contributed by atoms with van der Waals surface area (Å²) in [7, 11) is 0. The van der Waals surface area contributed by atoms with Crippen molar-refractivity contribution >= 4 is 23.7 Å². The molecule has 0 spiro atoms. The third-order valence-corrected chi connectivity index (χ3v) is 3.65. The molecule has 0 aliphatic heterocycles. The summed E-state index contributed by atoms with van der Waals surface area (Å²) in [6.45, 7) is 3.58.